The summed E-state index contributed by atoms with van der Waals surface area (Å²) in [6.45, 7) is 6.30. The predicted molar refractivity (Wildman–Crippen MR) is 71.9 cm³/mol. The molecule has 0 atom stereocenters. The van der Waals surface area contributed by atoms with Gasteiger partial charge in [0.25, 0.3) is 5.91 Å². The second-order valence-corrected chi connectivity index (χ2v) is 5.38. The zero-order chi connectivity index (χ0) is 13.3. The van der Waals surface area contributed by atoms with Crippen LogP contribution in [0.15, 0.2) is 35.9 Å². The van der Waals surface area contributed by atoms with Crippen LogP contribution in [-0.4, -0.2) is 34.6 Å². The van der Waals surface area contributed by atoms with Gasteiger partial charge in [0, 0.05) is 12.1 Å². The lowest BCUT2D eigenvalue weighted by Crippen LogP contribution is -2.48. The number of amides is 1. The van der Waals surface area contributed by atoms with E-state index in [4.69, 9.17) is 0 Å². The number of hydrogen-bond acceptors (Lipinski definition) is 2. The summed E-state index contributed by atoms with van der Waals surface area (Å²) in [4.78, 5) is 14.2. The fourth-order valence-electron chi connectivity index (χ4n) is 2.25. The van der Waals surface area contributed by atoms with E-state index in [1.807, 2.05) is 51.1 Å². The van der Waals surface area contributed by atoms with Crippen molar-refractivity contribution in [3.63, 3.8) is 0 Å². The molecule has 1 N–H and O–H groups in total. The van der Waals surface area contributed by atoms with E-state index in [1.54, 1.807) is 4.90 Å². The first-order valence-corrected chi connectivity index (χ1v) is 6.15. The van der Waals surface area contributed by atoms with Crippen LogP contribution in [0.4, 0.5) is 0 Å². The van der Waals surface area contributed by atoms with Crippen LogP contribution in [0.1, 0.15) is 26.3 Å². The van der Waals surface area contributed by atoms with Crippen molar-refractivity contribution in [3.05, 3.63) is 41.5 Å². The molecular weight excluding hydrogens is 226 g/mol. The summed E-state index contributed by atoms with van der Waals surface area (Å²) in [5, 5.41) is 9.40. The van der Waals surface area contributed by atoms with Crippen molar-refractivity contribution in [2.24, 2.45) is 0 Å². The highest BCUT2D eigenvalue weighted by molar-refractivity contribution is 6.22. The van der Waals surface area contributed by atoms with Crippen molar-refractivity contribution >= 4 is 11.5 Å². The first-order chi connectivity index (χ1) is 8.47. The maximum absolute atomic E-state index is 12.5. The number of rotatable bonds is 3. The summed E-state index contributed by atoms with van der Waals surface area (Å²) >= 11 is 0. The van der Waals surface area contributed by atoms with E-state index in [-0.39, 0.29) is 12.5 Å². The zero-order valence-electron chi connectivity index (χ0n) is 11.1. The van der Waals surface area contributed by atoms with E-state index in [0.717, 1.165) is 16.7 Å². The van der Waals surface area contributed by atoms with Gasteiger partial charge in [-0.15, -0.1) is 0 Å². The maximum atomic E-state index is 12.5. The molecule has 0 bridgehead atoms. The molecular formula is C15H19NO2. The summed E-state index contributed by atoms with van der Waals surface area (Å²) < 4.78 is 0. The fourth-order valence-corrected chi connectivity index (χ4v) is 2.25. The van der Waals surface area contributed by atoms with Gasteiger partial charge in [0.1, 0.15) is 0 Å². The molecule has 0 aliphatic carbocycles. The third kappa shape index (κ3) is 2.06. The molecule has 1 aliphatic rings. The van der Waals surface area contributed by atoms with Crippen molar-refractivity contribution in [1.29, 1.82) is 0 Å². The van der Waals surface area contributed by atoms with Gasteiger partial charge in [-0.05, 0) is 31.9 Å². The second-order valence-electron chi connectivity index (χ2n) is 5.38. The Morgan fingerprint density at radius 2 is 1.89 bits per heavy atom. The molecule has 3 heteroatoms. The third-order valence-electron chi connectivity index (χ3n) is 3.46. The monoisotopic (exact) mass is 245 g/mol. The van der Waals surface area contributed by atoms with Crippen LogP contribution < -0.4 is 0 Å². The topological polar surface area (TPSA) is 40.5 Å². The van der Waals surface area contributed by atoms with Crippen molar-refractivity contribution in [2.75, 3.05) is 13.2 Å². The summed E-state index contributed by atoms with van der Waals surface area (Å²) in [6.07, 6.45) is 0. The van der Waals surface area contributed by atoms with E-state index in [2.05, 4.69) is 0 Å². The smallest absolute Gasteiger partial charge is 0.255 e. The molecule has 0 spiro atoms. The first-order valence-electron chi connectivity index (χ1n) is 6.15. The summed E-state index contributed by atoms with van der Waals surface area (Å²) in [5.74, 6) is 0.0118. The van der Waals surface area contributed by atoms with Gasteiger partial charge in [0.2, 0.25) is 0 Å². The minimum absolute atomic E-state index is 0.0118. The normalized spacial score (nSPS) is 16.7. The Morgan fingerprint density at radius 3 is 2.44 bits per heavy atom. The first kappa shape index (κ1) is 12.8. The number of carbonyl (C=O) groups is 1. The van der Waals surface area contributed by atoms with Crippen molar-refractivity contribution in [2.45, 2.75) is 26.3 Å². The quantitative estimate of drug-likeness (QED) is 0.885. The fraction of sp³-hybridized carbons (Fsp3) is 0.400. The number of carbonyl (C=O) groups excluding carboxylic acids is 1. The van der Waals surface area contributed by atoms with Crippen LogP contribution in [0.25, 0.3) is 5.57 Å². The molecule has 2 rings (SSSR count). The number of aliphatic hydroxyl groups excluding tert-OH is 1. The van der Waals surface area contributed by atoms with Crippen LogP contribution in [0.2, 0.25) is 0 Å². The zero-order valence-corrected chi connectivity index (χ0v) is 11.1. The van der Waals surface area contributed by atoms with Crippen LogP contribution in [0, 0.1) is 0 Å². The van der Waals surface area contributed by atoms with Gasteiger partial charge in [-0.1, -0.05) is 30.3 Å². The van der Waals surface area contributed by atoms with Crippen LogP contribution in [-0.2, 0) is 4.79 Å². The Bertz CT molecular complexity index is 488. The maximum Gasteiger partial charge on any atom is 0.255 e. The molecule has 1 amide bonds. The molecule has 0 unspecified atom stereocenters. The van der Waals surface area contributed by atoms with Crippen molar-refractivity contribution in [1.82, 2.24) is 4.90 Å². The van der Waals surface area contributed by atoms with Gasteiger partial charge < -0.3 is 10.0 Å². The number of hydrogen-bond donors (Lipinski definition) is 1. The lowest BCUT2D eigenvalue weighted by molar-refractivity contribution is -0.129. The van der Waals surface area contributed by atoms with Crippen molar-refractivity contribution in [3.8, 4) is 0 Å². The van der Waals surface area contributed by atoms with E-state index in [0.29, 0.717) is 6.54 Å². The minimum atomic E-state index is -0.519. The van der Waals surface area contributed by atoms with Gasteiger partial charge in [-0.25, -0.2) is 0 Å². The molecule has 1 heterocycles. The molecule has 1 aliphatic heterocycles. The summed E-state index contributed by atoms with van der Waals surface area (Å²) in [7, 11) is 0. The molecule has 0 saturated carbocycles. The van der Waals surface area contributed by atoms with Crippen LogP contribution >= 0.6 is 0 Å². The molecule has 18 heavy (non-hydrogen) atoms. The van der Waals surface area contributed by atoms with E-state index in [9.17, 15) is 9.90 Å². The number of nitrogens with zero attached hydrogens (tertiary/aromatic N) is 1. The molecule has 0 saturated heterocycles. The summed E-state index contributed by atoms with van der Waals surface area (Å²) in [6, 6.07) is 9.71. The summed E-state index contributed by atoms with van der Waals surface area (Å²) in [5.41, 5.74) is 2.27. The predicted octanol–water partition coefficient (Wildman–Crippen LogP) is 2.07. The van der Waals surface area contributed by atoms with Gasteiger partial charge >= 0.3 is 0 Å². The van der Waals surface area contributed by atoms with Crippen LogP contribution in [0.3, 0.4) is 0 Å². The average Bonchev–Trinajstić information content (AvgIpc) is 2.67. The van der Waals surface area contributed by atoms with Gasteiger partial charge in [-0.3, -0.25) is 4.79 Å². The Morgan fingerprint density at radius 1 is 1.28 bits per heavy atom. The lowest BCUT2D eigenvalue weighted by atomic mass is 10.0. The standard InChI is InChI=1S/C15H19NO2/c1-11-9-16(15(2,3)10-17)14(18)13(11)12-7-5-4-6-8-12/h4-8,17H,9-10H2,1-3H3. The Hall–Kier alpha value is -1.61. The molecule has 96 valence electrons. The van der Waals surface area contributed by atoms with E-state index >= 15 is 0 Å². The largest absolute Gasteiger partial charge is 0.394 e. The molecule has 1 aromatic carbocycles. The van der Waals surface area contributed by atoms with Crippen molar-refractivity contribution < 1.29 is 9.90 Å². The third-order valence-corrected chi connectivity index (χ3v) is 3.46. The molecule has 3 nitrogen and oxygen atoms in total. The average molecular weight is 245 g/mol. The Labute approximate surface area is 108 Å². The lowest BCUT2D eigenvalue weighted by Gasteiger charge is -2.34. The van der Waals surface area contributed by atoms with Gasteiger partial charge in [-0.2, -0.15) is 0 Å². The Kier molecular flexibility index (Phi) is 3.26. The van der Waals surface area contributed by atoms with E-state index in [1.165, 1.54) is 0 Å². The Balaban J connectivity index is 2.35. The molecule has 1 aromatic rings. The molecule has 0 aromatic heterocycles. The SMILES string of the molecule is CC1=C(c2ccccc2)C(=O)N(C(C)(C)CO)C1. The van der Waals surface area contributed by atoms with Crippen LogP contribution in [0.5, 0.6) is 0 Å². The number of aliphatic hydroxyl groups is 1. The van der Waals surface area contributed by atoms with Gasteiger partial charge in [0.15, 0.2) is 0 Å². The molecule has 0 radical (unpaired) electrons. The highest BCUT2D eigenvalue weighted by Gasteiger charge is 2.37. The second kappa shape index (κ2) is 4.58. The number of benzene rings is 1. The molecule has 0 fully saturated rings. The van der Waals surface area contributed by atoms with E-state index < -0.39 is 5.54 Å². The highest BCUT2D eigenvalue weighted by Crippen LogP contribution is 2.32. The highest BCUT2D eigenvalue weighted by atomic mass is 16.3. The minimum Gasteiger partial charge on any atom is -0.394 e. The van der Waals surface area contributed by atoms with Gasteiger partial charge in [0.05, 0.1) is 12.1 Å².